The molecule has 0 bridgehead atoms. The Balaban J connectivity index is 2.81. The lowest BCUT2D eigenvalue weighted by Gasteiger charge is -1.96. The van der Waals surface area contributed by atoms with E-state index in [0.717, 1.165) is 17.2 Å². The van der Waals surface area contributed by atoms with E-state index in [2.05, 4.69) is 6.08 Å². The molecule has 0 saturated heterocycles. The number of allylic oxidation sites excluding steroid dienone is 1. The first-order valence-electron chi connectivity index (χ1n) is 4.74. The smallest absolute Gasteiger partial charge is 0.328 e. The van der Waals surface area contributed by atoms with E-state index in [1.54, 1.807) is 6.08 Å². The van der Waals surface area contributed by atoms with Gasteiger partial charge in [-0.25, -0.2) is 4.79 Å². The Hall–Kier alpha value is -1.83. The van der Waals surface area contributed by atoms with E-state index in [-0.39, 0.29) is 0 Å². The van der Waals surface area contributed by atoms with Crippen molar-refractivity contribution >= 4 is 18.1 Å². The van der Waals surface area contributed by atoms with Gasteiger partial charge in [-0.1, -0.05) is 35.9 Å². The van der Waals surface area contributed by atoms with Crippen LogP contribution in [0.25, 0.3) is 12.2 Å². The number of carbonyl (C=O) groups is 1. The zero-order valence-corrected chi connectivity index (χ0v) is 8.90. The first-order chi connectivity index (χ1) is 7.08. The molecule has 0 saturated carbocycles. The minimum Gasteiger partial charge on any atom is -0.478 e. The molecular weight excluding hydrogens is 188 g/mol. The van der Waals surface area contributed by atoms with Crippen LogP contribution in [-0.2, 0) is 4.79 Å². The maximum atomic E-state index is 10.3. The van der Waals surface area contributed by atoms with Gasteiger partial charge in [0.05, 0.1) is 0 Å². The van der Waals surface area contributed by atoms with Crippen LogP contribution in [0.3, 0.4) is 0 Å². The van der Waals surface area contributed by atoms with Gasteiger partial charge in [-0.05, 0) is 31.1 Å². The van der Waals surface area contributed by atoms with Gasteiger partial charge in [-0.3, -0.25) is 0 Å². The Morgan fingerprint density at radius 1 is 1.13 bits per heavy atom. The van der Waals surface area contributed by atoms with E-state index in [4.69, 9.17) is 5.11 Å². The van der Waals surface area contributed by atoms with Crippen molar-refractivity contribution in [2.24, 2.45) is 0 Å². The second-order valence-electron chi connectivity index (χ2n) is 3.56. The highest BCUT2D eigenvalue weighted by Gasteiger charge is 1.90. The second kappa shape index (κ2) is 5.15. The lowest BCUT2D eigenvalue weighted by atomic mass is 10.1. The average molecular weight is 202 g/mol. The molecule has 0 spiro atoms. The molecule has 78 valence electrons. The van der Waals surface area contributed by atoms with E-state index in [0.29, 0.717) is 0 Å². The van der Waals surface area contributed by atoms with Crippen molar-refractivity contribution < 1.29 is 9.90 Å². The second-order valence-corrected chi connectivity index (χ2v) is 3.56. The molecule has 1 aromatic carbocycles. The normalized spacial score (nSPS) is 10.3. The summed E-state index contributed by atoms with van der Waals surface area (Å²) in [6.45, 7) is 4.08. The largest absolute Gasteiger partial charge is 0.478 e. The molecule has 0 fully saturated rings. The van der Waals surface area contributed by atoms with Gasteiger partial charge in [-0.2, -0.15) is 0 Å². The molecular formula is C13H14O2. The topological polar surface area (TPSA) is 37.3 Å². The van der Waals surface area contributed by atoms with Crippen LogP contribution in [0.5, 0.6) is 0 Å². The summed E-state index contributed by atoms with van der Waals surface area (Å²) < 4.78 is 0. The molecule has 0 radical (unpaired) electrons. The molecule has 15 heavy (non-hydrogen) atoms. The zero-order chi connectivity index (χ0) is 11.3. The van der Waals surface area contributed by atoms with E-state index >= 15 is 0 Å². The fourth-order valence-electron chi connectivity index (χ4n) is 1.20. The SMILES string of the molecule is CC(C)=Cc1ccc(/C=C/C(=O)O)cc1. The Morgan fingerprint density at radius 3 is 2.13 bits per heavy atom. The van der Waals surface area contributed by atoms with Gasteiger partial charge in [0.1, 0.15) is 0 Å². The molecule has 0 unspecified atom stereocenters. The van der Waals surface area contributed by atoms with Gasteiger partial charge in [-0.15, -0.1) is 0 Å². The number of hydrogen-bond donors (Lipinski definition) is 1. The molecule has 0 heterocycles. The number of hydrogen-bond acceptors (Lipinski definition) is 1. The predicted octanol–water partition coefficient (Wildman–Crippen LogP) is 3.21. The minimum absolute atomic E-state index is 0.892. The quantitative estimate of drug-likeness (QED) is 0.764. The molecule has 0 amide bonds. The van der Waals surface area contributed by atoms with Gasteiger partial charge in [0.15, 0.2) is 0 Å². The number of carboxylic acids is 1. The lowest BCUT2D eigenvalue weighted by Crippen LogP contribution is -1.85. The molecule has 0 atom stereocenters. The first-order valence-corrected chi connectivity index (χ1v) is 4.74. The standard InChI is InChI=1S/C13H14O2/c1-10(2)9-12-5-3-11(4-6-12)7-8-13(14)15/h3-9H,1-2H3,(H,14,15)/b8-7+. The van der Waals surface area contributed by atoms with Crippen LogP contribution in [0.15, 0.2) is 35.9 Å². The van der Waals surface area contributed by atoms with Crippen LogP contribution >= 0.6 is 0 Å². The van der Waals surface area contributed by atoms with Crippen molar-refractivity contribution in [1.29, 1.82) is 0 Å². The summed E-state index contributed by atoms with van der Waals surface area (Å²) in [5.74, 6) is -0.927. The summed E-state index contributed by atoms with van der Waals surface area (Å²) in [6, 6.07) is 7.73. The summed E-state index contributed by atoms with van der Waals surface area (Å²) in [4.78, 5) is 10.3. The van der Waals surface area contributed by atoms with Crippen molar-refractivity contribution in [3.05, 3.63) is 47.0 Å². The Labute approximate surface area is 89.6 Å². The number of benzene rings is 1. The van der Waals surface area contributed by atoms with Gasteiger partial charge < -0.3 is 5.11 Å². The van der Waals surface area contributed by atoms with Gasteiger partial charge >= 0.3 is 5.97 Å². The van der Waals surface area contributed by atoms with Crippen LogP contribution in [0, 0.1) is 0 Å². The third-order valence-electron chi connectivity index (χ3n) is 1.81. The van der Waals surface area contributed by atoms with Crippen molar-refractivity contribution in [2.75, 3.05) is 0 Å². The van der Waals surface area contributed by atoms with Crippen LogP contribution in [0.2, 0.25) is 0 Å². The van der Waals surface area contributed by atoms with Crippen molar-refractivity contribution in [3.8, 4) is 0 Å². The fourth-order valence-corrected chi connectivity index (χ4v) is 1.20. The van der Waals surface area contributed by atoms with Crippen molar-refractivity contribution in [3.63, 3.8) is 0 Å². The lowest BCUT2D eigenvalue weighted by molar-refractivity contribution is -0.131. The fraction of sp³-hybridized carbons (Fsp3) is 0.154. The summed E-state index contributed by atoms with van der Waals surface area (Å²) >= 11 is 0. The number of carboxylic acid groups (broad SMARTS) is 1. The summed E-state index contributed by atoms with van der Waals surface area (Å²) in [5, 5.41) is 8.45. The summed E-state index contributed by atoms with van der Waals surface area (Å²) in [5.41, 5.74) is 3.26. The van der Waals surface area contributed by atoms with Crippen molar-refractivity contribution in [1.82, 2.24) is 0 Å². The Kier molecular flexibility index (Phi) is 3.86. The highest BCUT2D eigenvalue weighted by atomic mass is 16.4. The maximum absolute atomic E-state index is 10.3. The van der Waals surface area contributed by atoms with Gasteiger partial charge in [0.25, 0.3) is 0 Å². The number of rotatable bonds is 3. The third kappa shape index (κ3) is 4.27. The summed E-state index contributed by atoms with van der Waals surface area (Å²) in [7, 11) is 0. The highest BCUT2D eigenvalue weighted by Crippen LogP contribution is 2.09. The minimum atomic E-state index is -0.927. The zero-order valence-electron chi connectivity index (χ0n) is 8.90. The third-order valence-corrected chi connectivity index (χ3v) is 1.81. The molecule has 0 aromatic heterocycles. The molecule has 0 aliphatic carbocycles. The molecule has 2 heteroatoms. The maximum Gasteiger partial charge on any atom is 0.328 e. The van der Waals surface area contributed by atoms with Crippen LogP contribution in [-0.4, -0.2) is 11.1 Å². The van der Waals surface area contributed by atoms with Crippen LogP contribution in [0.1, 0.15) is 25.0 Å². The van der Waals surface area contributed by atoms with E-state index < -0.39 is 5.97 Å². The molecule has 2 nitrogen and oxygen atoms in total. The van der Waals surface area contributed by atoms with E-state index in [1.165, 1.54) is 5.57 Å². The molecule has 1 rings (SSSR count). The van der Waals surface area contributed by atoms with Gasteiger partial charge in [0.2, 0.25) is 0 Å². The van der Waals surface area contributed by atoms with Crippen LogP contribution < -0.4 is 0 Å². The first kappa shape index (κ1) is 11.2. The Morgan fingerprint density at radius 2 is 1.67 bits per heavy atom. The predicted molar refractivity (Wildman–Crippen MR) is 62.4 cm³/mol. The molecule has 0 aliphatic heterocycles. The summed E-state index contributed by atoms with van der Waals surface area (Å²) in [6.07, 6.45) is 4.79. The van der Waals surface area contributed by atoms with E-state index in [1.807, 2.05) is 38.1 Å². The number of aliphatic carboxylic acids is 1. The molecule has 1 aromatic rings. The highest BCUT2D eigenvalue weighted by molar-refractivity contribution is 5.85. The molecule has 0 aliphatic rings. The van der Waals surface area contributed by atoms with Gasteiger partial charge in [0, 0.05) is 6.08 Å². The average Bonchev–Trinajstić information content (AvgIpc) is 2.16. The molecule has 1 N–H and O–H groups in total. The van der Waals surface area contributed by atoms with Crippen molar-refractivity contribution in [2.45, 2.75) is 13.8 Å². The van der Waals surface area contributed by atoms with E-state index in [9.17, 15) is 4.79 Å². The van der Waals surface area contributed by atoms with Crippen LogP contribution in [0.4, 0.5) is 0 Å². The monoisotopic (exact) mass is 202 g/mol. The Bertz CT molecular complexity index is 393.